The Hall–Kier alpha value is -2.38. The second-order valence-electron chi connectivity index (χ2n) is 6.79. The number of aromatic nitrogens is 2. The maximum atomic E-state index is 13.4. The van der Waals surface area contributed by atoms with Crippen LogP contribution in [-0.4, -0.2) is 50.6 Å². The zero-order chi connectivity index (χ0) is 22.4. The van der Waals surface area contributed by atoms with Gasteiger partial charge in [0.15, 0.2) is 15.6 Å². The molecule has 170 valence electrons. The van der Waals surface area contributed by atoms with Gasteiger partial charge in [-0.3, -0.25) is 4.79 Å². The molecule has 0 spiro atoms. The zero-order valence-corrected chi connectivity index (χ0v) is 18.0. The van der Waals surface area contributed by atoms with Crippen LogP contribution in [0.25, 0.3) is 0 Å². The largest absolute Gasteiger partial charge is 0.484 e. The van der Waals surface area contributed by atoms with Gasteiger partial charge >= 0.3 is 12.3 Å². The molecule has 8 nitrogen and oxygen atoms in total. The highest BCUT2D eigenvalue weighted by Gasteiger charge is 2.29. The fraction of sp³-hybridized carbons (Fsp3) is 0.471. The molecule has 0 aliphatic carbocycles. The Balaban J connectivity index is 1.38. The lowest BCUT2D eigenvalue weighted by Crippen LogP contribution is -2.51. The quantitative estimate of drug-likeness (QED) is 0.441. The topological polar surface area (TPSA) is 98.5 Å². The molecule has 1 aliphatic heterocycles. The number of carbonyl (C=O) groups is 1. The van der Waals surface area contributed by atoms with Gasteiger partial charge in [0.25, 0.3) is 0 Å². The van der Waals surface area contributed by atoms with E-state index in [2.05, 4.69) is 20.5 Å². The molecule has 1 aromatic carbocycles. The Kier molecular flexibility index (Phi) is 7.72. The van der Waals surface area contributed by atoms with Gasteiger partial charge in [0.1, 0.15) is 18.2 Å². The van der Waals surface area contributed by atoms with Crippen LogP contribution >= 0.6 is 11.6 Å². The third-order valence-corrected chi connectivity index (χ3v) is 7.17. The number of rotatable bonds is 8. The van der Waals surface area contributed by atoms with Crippen LogP contribution in [-0.2, 0) is 4.79 Å². The Bertz CT molecular complexity index is 893. The van der Waals surface area contributed by atoms with Gasteiger partial charge in [-0.05, 0) is 24.6 Å². The van der Waals surface area contributed by atoms with Gasteiger partial charge in [-0.25, -0.2) is 4.39 Å². The van der Waals surface area contributed by atoms with Gasteiger partial charge in [-0.15, -0.1) is 5.10 Å². The lowest BCUT2D eigenvalue weighted by Gasteiger charge is -2.27. The molecular weight excluding hydrogens is 464 g/mol. The van der Waals surface area contributed by atoms with Crippen molar-refractivity contribution in [2.75, 3.05) is 19.4 Å². The monoisotopic (exact) mass is 482 g/mol. The van der Waals surface area contributed by atoms with Crippen molar-refractivity contribution in [3.05, 3.63) is 34.9 Å². The summed E-state index contributed by atoms with van der Waals surface area (Å²) in [6.07, 6.45) is -4.61. The van der Waals surface area contributed by atoms with Crippen LogP contribution in [0.15, 0.2) is 22.6 Å². The van der Waals surface area contributed by atoms with E-state index < -0.39 is 34.0 Å². The summed E-state index contributed by atoms with van der Waals surface area (Å²) in [5, 5.41) is 10.5. The summed E-state index contributed by atoms with van der Waals surface area (Å²) in [4.78, 5) is 15.0. The van der Waals surface area contributed by atoms with Crippen LogP contribution in [0.3, 0.4) is 0 Å². The van der Waals surface area contributed by atoms with Crippen molar-refractivity contribution >= 4 is 26.5 Å². The van der Waals surface area contributed by atoms with Crippen molar-refractivity contribution < 1.29 is 36.2 Å². The van der Waals surface area contributed by atoms with Crippen LogP contribution in [0.5, 0.6) is 11.8 Å². The van der Waals surface area contributed by atoms with E-state index in [9.17, 15) is 22.4 Å². The molecule has 1 aromatic heterocycles. The van der Waals surface area contributed by atoms with Gasteiger partial charge in [0.2, 0.25) is 11.8 Å². The van der Waals surface area contributed by atoms with Crippen LogP contribution in [0.1, 0.15) is 24.8 Å². The minimum atomic E-state index is -4.33. The molecular formula is C17H19ClF4N4O4Si. The zero-order valence-electron chi connectivity index (χ0n) is 16.0. The number of amides is 1. The van der Waals surface area contributed by atoms with Gasteiger partial charge in [-0.2, -0.15) is 13.2 Å². The molecule has 0 saturated carbocycles. The van der Waals surface area contributed by atoms with E-state index in [-0.39, 0.29) is 41.3 Å². The first-order valence-corrected chi connectivity index (χ1v) is 11.9. The SMILES string of the molecule is O=C(COc1ccc(Cl)c(F)c1)N[Si@H]1CC[C@H](c2nnc(OCCC(F)(F)F)o2)NC1. The molecule has 2 atom stereocenters. The van der Waals surface area contributed by atoms with E-state index in [4.69, 9.17) is 25.5 Å². The van der Waals surface area contributed by atoms with E-state index in [1.807, 2.05) is 0 Å². The summed E-state index contributed by atoms with van der Waals surface area (Å²) < 4.78 is 65.1. The van der Waals surface area contributed by atoms with Gasteiger partial charge < -0.3 is 24.2 Å². The summed E-state index contributed by atoms with van der Waals surface area (Å²) >= 11 is 5.59. The summed E-state index contributed by atoms with van der Waals surface area (Å²) in [6, 6.07) is 4.36. The number of nitrogens with zero attached hydrogens (tertiary/aromatic N) is 2. The number of ether oxygens (including phenoxy) is 2. The number of hydrogen-bond donors (Lipinski definition) is 2. The minimum Gasteiger partial charge on any atom is -0.484 e. The van der Waals surface area contributed by atoms with Gasteiger partial charge in [0.05, 0.1) is 17.5 Å². The van der Waals surface area contributed by atoms with Crippen molar-refractivity contribution in [1.82, 2.24) is 20.5 Å². The van der Waals surface area contributed by atoms with Crippen LogP contribution in [0, 0.1) is 5.82 Å². The predicted octanol–water partition coefficient (Wildman–Crippen LogP) is 2.69. The molecule has 3 rings (SSSR count). The van der Waals surface area contributed by atoms with E-state index in [0.29, 0.717) is 12.6 Å². The maximum absolute atomic E-state index is 13.4. The fourth-order valence-corrected chi connectivity index (χ4v) is 5.26. The normalized spacial score (nSPS) is 19.1. The van der Waals surface area contributed by atoms with Crippen molar-refractivity contribution in [3.8, 4) is 11.8 Å². The number of benzene rings is 1. The Labute approximate surface area is 180 Å². The Morgan fingerprint density at radius 1 is 1.35 bits per heavy atom. The molecule has 2 heterocycles. The Morgan fingerprint density at radius 3 is 2.84 bits per heavy atom. The number of halogens is 5. The minimum absolute atomic E-state index is 0.0340. The van der Waals surface area contributed by atoms with Crippen molar-refractivity contribution in [2.24, 2.45) is 0 Å². The first-order chi connectivity index (χ1) is 14.7. The molecule has 2 N–H and O–H groups in total. The predicted molar refractivity (Wildman–Crippen MR) is 103 cm³/mol. The Morgan fingerprint density at radius 2 is 2.16 bits per heavy atom. The molecule has 1 amide bonds. The van der Waals surface area contributed by atoms with E-state index in [1.165, 1.54) is 12.1 Å². The third-order valence-electron chi connectivity index (χ3n) is 4.37. The van der Waals surface area contributed by atoms with Crippen LogP contribution in [0.4, 0.5) is 17.6 Å². The number of nitrogens with one attached hydrogen (secondary N) is 2. The molecule has 0 radical (unpaired) electrons. The van der Waals surface area contributed by atoms with E-state index in [0.717, 1.165) is 12.1 Å². The number of alkyl halides is 3. The highest BCUT2D eigenvalue weighted by molar-refractivity contribution is 6.59. The summed E-state index contributed by atoms with van der Waals surface area (Å²) in [5.74, 6) is -0.532. The lowest BCUT2D eigenvalue weighted by molar-refractivity contribution is -0.140. The molecule has 1 fully saturated rings. The molecule has 31 heavy (non-hydrogen) atoms. The first kappa shape index (κ1) is 23.3. The maximum Gasteiger partial charge on any atom is 0.414 e. The summed E-state index contributed by atoms with van der Waals surface area (Å²) in [5.41, 5.74) is 0. The number of carbonyl (C=O) groups excluding carboxylic acids is 1. The lowest BCUT2D eigenvalue weighted by atomic mass is 10.2. The summed E-state index contributed by atoms with van der Waals surface area (Å²) in [6.45, 7) is -0.856. The van der Waals surface area contributed by atoms with E-state index >= 15 is 0 Å². The average molecular weight is 483 g/mol. The van der Waals surface area contributed by atoms with Crippen molar-refractivity contribution in [1.29, 1.82) is 0 Å². The standard InChI is InChI=1S/C17H19ClF4N4O4Si/c18-11-2-1-10(7-12(11)19)29-8-14(27)26-31-6-3-13(23-9-31)15-24-25-16(30-15)28-5-4-17(20,21)22/h1-2,7,13,23,31H,3-6,8-9H2,(H,26,27)/t13-,31+/m1/s1. The van der Waals surface area contributed by atoms with Crippen LogP contribution < -0.4 is 19.8 Å². The van der Waals surface area contributed by atoms with Crippen molar-refractivity contribution in [3.63, 3.8) is 0 Å². The molecule has 2 aromatic rings. The van der Waals surface area contributed by atoms with Crippen molar-refractivity contribution in [2.45, 2.75) is 31.1 Å². The van der Waals surface area contributed by atoms with Gasteiger partial charge in [-0.1, -0.05) is 16.7 Å². The second-order valence-corrected chi connectivity index (χ2v) is 9.86. The molecule has 1 saturated heterocycles. The summed E-state index contributed by atoms with van der Waals surface area (Å²) in [7, 11) is -1.65. The molecule has 14 heteroatoms. The van der Waals surface area contributed by atoms with E-state index in [1.54, 1.807) is 0 Å². The molecule has 1 aliphatic rings. The molecule has 0 bridgehead atoms. The molecule has 0 unspecified atom stereocenters. The highest BCUT2D eigenvalue weighted by atomic mass is 35.5. The van der Waals surface area contributed by atoms with Crippen LogP contribution in [0.2, 0.25) is 11.1 Å². The first-order valence-electron chi connectivity index (χ1n) is 9.33. The highest BCUT2D eigenvalue weighted by Crippen LogP contribution is 2.25. The number of hydrogen-bond acceptors (Lipinski definition) is 7. The second kappa shape index (κ2) is 10.3. The van der Waals surface area contributed by atoms with Gasteiger partial charge in [0, 0.05) is 12.2 Å². The smallest absolute Gasteiger partial charge is 0.414 e. The fourth-order valence-electron chi connectivity index (χ4n) is 2.85. The third kappa shape index (κ3) is 7.36. The average Bonchev–Trinajstić information content (AvgIpc) is 3.17.